The second-order valence-electron chi connectivity index (χ2n) is 8.04. The largest absolute Gasteiger partial charge is 0.395 e. The number of aliphatic hydroxyl groups excluding tert-OH is 1. The van der Waals surface area contributed by atoms with Gasteiger partial charge in [0.05, 0.1) is 34.8 Å². The number of aliphatic hydroxyl groups is 1. The number of nitriles is 1. The predicted octanol–water partition coefficient (Wildman–Crippen LogP) is 3.90. The zero-order valence-electron chi connectivity index (χ0n) is 17.2. The van der Waals surface area contributed by atoms with Crippen LogP contribution in [0.5, 0.6) is 0 Å². The minimum atomic E-state index is 0.230. The summed E-state index contributed by atoms with van der Waals surface area (Å²) < 4.78 is 0. The van der Waals surface area contributed by atoms with E-state index in [1.54, 1.807) is 6.07 Å². The van der Waals surface area contributed by atoms with E-state index in [2.05, 4.69) is 49.4 Å². The van der Waals surface area contributed by atoms with E-state index < -0.39 is 0 Å². The number of aromatic amines is 1. The number of H-pyrrole nitrogens is 1. The average Bonchev–Trinajstić information content (AvgIpc) is 3.21. The standard InChI is InChI=1S/C24H24N6O/c25-15-16-1-4-20-19(13-16)3-6-23(26-20)29-24-27-21-5-2-18(14-22(21)28-24)17-7-9-30(10-8-17)11-12-31/h1-6,13-14,17,31H,7-12H2,(H2,26,27,28,29). The smallest absolute Gasteiger partial charge is 0.206 e. The van der Waals surface area contributed by atoms with Crippen LogP contribution in [0.25, 0.3) is 21.9 Å². The molecular formula is C24H24N6O. The van der Waals surface area contributed by atoms with E-state index in [0.29, 0.717) is 23.2 Å². The molecule has 0 unspecified atom stereocenters. The molecule has 1 aliphatic heterocycles. The van der Waals surface area contributed by atoms with E-state index in [0.717, 1.165) is 54.4 Å². The molecule has 156 valence electrons. The van der Waals surface area contributed by atoms with Gasteiger partial charge in [-0.25, -0.2) is 9.97 Å². The number of nitrogens with zero attached hydrogens (tertiary/aromatic N) is 4. The van der Waals surface area contributed by atoms with Crippen molar-refractivity contribution in [1.82, 2.24) is 19.9 Å². The summed E-state index contributed by atoms with van der Waals surface area (Å²) in [5.74, 6) is 1.90. The molecule has 0 spiro atoms. The van der Waals surface area contributed by atoms with Crippen LogP contribution in [-0.4, -0.2) is 51.2 Å². The van der Waals surface area contributed by atoms with Crippen molar-refractivity contribution >= 4 is 33.7 Å². The van der Waals surface area contributed by atoms with Gasteiger partial charge in [-0.1, -0.05) is 6.07 Å². The lowest BCUT2D eigenvalue weighted by molar-refractivity contribution is 0.164. The summed E-state index contributed by atoms with van der Waals surface area (Å²) in [5, 5.41) is 22.4. The predicted molar refractivity (Wildman–Crippen MR) is 121 cm³/mol. The minimum Gasteiger partial charge on any atom is -0.395 e. The Hall–Kier alpha value is -3.47. The molecule has 2 aromatic heterocycles. The number of β-amino-alcohol motifs (C(OH)–C–C–N with tert-alkyl or cyclic N) is 1. The lowest BCUT2D eigenvalue weighted by atomic mass is 9.89. The zero-order chi connectivity index (χ0) is 21.2. The molecule has 5 rings (SSSR count). The van der Waals surface area contributed by atoms with Crippen molar-refractivity contribution in [2.45, 2.75) is 18.8 Å². The van der Waals surface area contributed by atoms with Gasteiger partial charge in [0, 0.05) is 11.9 Å². The van der Waals surface area contributed by atoms with Crippen molar-refractivity contribution in [2.24, 2.45) is 0 Å². The molecule has 3 heterocycles. The van der Waals surface area contributed by atoms with Crippen LogP contribution < -0.4 is 5.32 Å². The first-order valence-electron chi connectivity index (χ1n) is 10.6. The fourth-order valence-corrected chi connectivity index (χ4v) is 4.36. The number of benzene rings is 2. The van der Waals surface area contributed by atoms with Gasteiger partial charge < -0.3 is 20.3 Å². The monoisotopic (exact) mass is 412 g/mol. The summed E-state index contributed by atoms with van der Waals surface area (Å²) >= 11 is 0. The number of piperidine rings is 1. The molecule has 1 aliphatic rings. The second kappa shape index (κ2) is 8.34. The fraction of sp³-hybridized carbons (Fsp3) is 0.292. The van der Waals surface area contributed by atoms with E-state index >= 15 is 0 Å². The highest BCUT2D eigenvalue weighted by Crippen LogP contribution is 2.30. The number of imidazole rings is 1. The van der Waals surface area contributed by atoms with Crippen molar-refractivity contribution in [3.05, 3.63) is 59.7 Å². The molecule has 0 saturated carbocycles. The van der Waals surface area contributed by atoms with Crippen molar-refractivity contribution in [1.29, 1.82) is 5.26 Å². The second-order valence-corrected chi connectivity index (χ2v) is 8.04. The molecule has 3 N–H and O–H groups in total. The third-order valence-electron chi connectivity index (χ3n) is 6.05. The molecule has 31 heavy (non-hydrogen) atoms. The molecule has 7 heteroatoms. The van der Waals surface area contributed by atoms with Crippen molar-refractivity contribution in [3.63, 3.8) is 0 Å². The highest BCUT2D eigenvalue weighted by Gasteiger charge is 2.20. The molecule has 0 atom stereocenters. The van der Waals surface area contributed by atoms with E-state index in [1.165, 1.54) is 5.56 Å². The number of nitrogens with one attached hydrogen (secondary N) is 2. The Kier molecular flexibility index (Phi) is 5.24. The summed E-state index contributed by atoms with van der Waals surface area (Å²) in [6, 6.07) is 17.9. The van der Waals surface area contributed by atoms with Gasteiger partial charge in [0.15, 0.2) is 0 Å². The molecule has 0 bridgehead atoms. The molecule has 4 aromatic rings. The molecule has 0 radical (unpaired) electrons. The van der Waals surface area contributed by atoms with Gasteiger partial charge in [0.25, 0.3) is 0 Å². The highest BCUT2D eigenvalue weighted by molar-refractivity contribution is 5.83. The molecule has 0 aliphatic carbocycles. The van der Waals surface area contributed by atoms with Gasteiger partial charge >= 0.3 is 0 Å². The number of pyridine rings is 1. The van der Waals surface area contributed by atoms with Crippen LogP contribution in [0.1, 0.15) is 29.9 Å². The third-order valence-corrected chi connectivity index (χ3v) is 6.05. The Labute approximate surface area is 180 Å². The average molecular weight is 412 g/mol. The Bertz CT molecular complexity index is 1270. The zero-order valence-corrected chi connectivity index (χ0v) is 17.2. The van der Waals surface area contributed by atoms with Crippen LogP contribution in [0.15, 0.2) is 48.5 Å². The van der Waals surface area contributed by atoms with Gasteiger partial charge in [0.1, 0.15) is 5.82 Å². The maximum absolute atomic E-state index is 9.13. The van der Waals surface area contributed by atoms with E-state index in [1.807, 2.05) is 24.3 Å². The normalized spacial score (nSPS) is 15.4. The number of aromatic nitrogens is 3. The number of rotatable bonds is 5. The first kappa shape index (κ1) is 19.5. The number of anilines is 2. The molecule has 0 amide bonds. The Morgan fingerprint density at radius 1 is 1.06 bits per heavy atom. The highest BCUT2D eigenvalue weighted by atomic mass is 16.3. The number of hydrogen-bond donors (Lipinski definition) is 3. The van der Waals surface area contributed by atoms with Crippen LogP contribution in [0.3, 0.4) is 0 Å². The van der Waals surface area contributed by atoms with Crippen molar-refractivity contribution in [2.75, 3.05) is 31.6 Å². The van der Waals surface area contributed by atoms with Gasteiger partial charge in [-0.15, -0.1) is 0 Å². The van der Waals surface area contributed by atoms with Gasteiger partial charge in [-0.05, 0) is 79.9 Å². The van der Waals surface area contributed by atoms with Crippen LogP contribution >= 0.6 is 0 Å². The maximum atomic E-state index is 9.13. The first-order valence-corrected chi connectivity index (χ1v) is 10.6. The van der Waals surface area contributed by atoms with Crippen molar-refractivity contribution in [3.8, 4) is 6.07 Å². The number of fused-ring (bicyclic) bond motifs is 2. The van der Waals surface area contributed by atoms with Gasteiger partial charge in [-0.3, -0.25) is 0 Å². The summed E-state index contributed by atoms with van der Waals surface area (Å²) in [4.78, 5) is 15.0. The third kappa shape index (κ3) is 4.08. The number of hydrogen-bond acceptors (Lipinski definition) is 6. The molecule has 7 nitrogen and oxygen atoms in total. The quantitative estimate of drug-likeness (QED) is 0.460. The summed E-state index contributed by atoms with van der Waals surface area (Å²) in [5.41, 5.74) is 4.72. The van der Waals surface area contributed by atoms with E-state index in [4.69, 9.17) is 10.4 Å². The Morgan fingerprint density at radius 3 is 2.71 bits per heavy atom. The molecular weight excluding hydrogens is 388 g/mol. The van der Waals surface area contributed by atoms with Crippen molar-refractivity contribution < 1.29 is 5.11 Å². The molecule has 2 aromatic carbocycles. The Morgan fingerprint density at radius 2 is 1.90 bits per heavy atom. The lowest BCUT2D eigenvalue weighted by Gasteiger charge is -2.31. The van der Waals surface area contributed by atoms with E-state index in [-0.39, 0.29) is 6.61 Å². The van der Waals surface area contributed by atoms with Crippen LogP contribution in [0.4, 0.5) is 11.8 Å². The Balaban J connectivity index is 1.33. The molecule has 1 saturated heterocycles. The number of likely N-dealkylation sites (tertiary alicyclic amines) is 1. The SMILES string of the molecule is N#Cc1ccc2nc(Nc3nc4ccc(C5CCN(CCO)CC5)cc4[nH]3)ccc2c1. The van der Waals surface area contributed by atoms with Crippen LogP contribution in [0.2, 0.25) is 0 Å². The summed E-state index contributed by atoms with van der Waals surface area (Å²) in [6.07, 6.45) is 2.22. The summed E-state index contributed by atoms with van der Waals surface area (Å²) in [6.45, 7) is 3.06. The summed E-state index contributed by atoms with van der Waals surface area (Å²) in [7, 11) is 0. The van der Waals surface area contributed by atoms with Crippen LogP contribution in [-0.2, 0) is 0 Å². The lowest BCUT2D eigenvalue weighted by Crippen LogP contribution is -2.34. The minimum absolute atomic E-state index is 0.230. The first-order chi connectivity index (χ1) is 15.2. The maximum Gasteiger partial charge on any atom is 0.206 e. The topological polar surface area (TPSA) is 101 Å². The van der Waals surface area contributed by atoms with Gasteiger partial charge in [0.2, 0.25) is 5.95 Å². The fourth-order valence-electron chi connectivity index (χ4n) is 4.36. The van der Waals surface area contributed by atoms with Gasteiger partial charge in [-0.2, -0.15) is 5.26 Å². The molecule has 1 fully saturated rings. The van der Waals surface area contributed by atoms with E-state index in [9.17, 15) is 0 Å². The van der Waals surface area contributed by atoms with Crippen LogP contribution in [0, 0.1) is 11.3 Å².